The van der Waals surface area contributed by atoms with E-state index in [9.17, 15) is 0 Å². The van der Waals surface area contributed by atoms with Crippen molar-refractivity contribution >= 4 is 38.9 Å². The number of hydrogen-bond acceptors (Lipinski definition) is 2. The molecule has 1 heterocycles. The Morgan fingerprint density at radius 1 is 1.29 bits per heavy atom. The van der Waals surface area contributed by atoms with Crippen LogP contribution in [0.1, 0.15) is 30.6 Å². The van der Waals surface area contributed by atoms with Gasteiger partial charge in [-0.2, -0.15) is 0 Å². The number of aryl methyl sites for hydroxylation is 1. The van der Waals surface area contributed by atoms with Crippen LogP contribution in [0.5, 0.6) is 0 Å². The molecule has 0 aliphatic heterocycles. The maximum atomic E-state index is 5.95. The third-order valence-corrected chi connectivity index (χ3v) is 4.61. The highest BCUT2D eigenvalue weighted by Gasteiger charge is 2.03. The normalized spacial score (nSPS) is 10.8. The number of nitrogens with two attached hydrogens (primary N) is 1. The van der Waals surface area contributed by atoms with Crippen LogP contribution in [0.25, 0.3) is 0 Å². The van der Waals surface area contributed by atoms with Gasteiger partial charge in [0.15, 0.2) is 0 Å². The molecule has 1 rings (SSSR count). The van der Waals surface area contributed by atoms with Gasteiger partial charge in [-0.1, -0.05) is 24.4 Å². The van der Waals surface area contributed by atoms with Crippen molar-refractivity contribution in [1.29, 1.82) is 0 Å². The van der Waals surface area contributed by atoms with Crippen molar-refractivity contribution in [3.63, 3.8) is 0 Å². The number of halogens is 2. The van der Waals surface area contributed by atoms with E-state index >= 15 is 0 Å². The molecule has 0 atom stereocenters. The average Bonchev–Trinajstić information content (AvgIpc) is 2.46. The minimum absolute atomic E-state index is 0.816. The molecule has 0 spiro atoms. The molecule has 0 saturated heterocycles. The average molecular weight is 297 g/mol. The van der Waals surface area contributed by atoms with Gasteiger partial charge in [-0.05, 0) is 47.8 Å². The molecule has 0 bridgehead atoms. The third-order valence-electron chi connectivity index (χ3n) is 2.07. The molecule has 0 aliphatic carbocycles. The lowest BCUT2D eigenvalue weighted by atomic mass is 10.1. The molecule has 4 heteroatoms. The Kier molecular flexibility index (Phi) is 6.10. The van der Waals surface area contributed by atoms with Crippen LogP contribution in [0, 0.1) is 0 Å². The Balaban J connectivity index is 2.18. The van der Waals surface area contributed by atoms with Gasteiger partial charge in [0.25, 0.3) is 0 Å². The molecule has 0 aromatic carbocycles. The molecule has 0 aliphatic rings. The summed E-state index contributed by atoms with van der Waals surface area (Å²) in [6.45, 7) is 0.816. The van der Waals surface area contributed by atoms with Gasteiger partial charge in [0, 0.05) is 9.35 Å². The second kappa shape index (κ2) is 6.83. The fraction of sp³-hybridized carbons (Fsp3) is 0.600. The minimum Gasteiger partial charge on any atom is -0.330 e. The van der Waals surface area contributed by atoms with Gasteiger partial charge in [0.1, 0.15) is 4.34 Å². The number of rotatable bonds is 6. The topological polar surface area (TPSA) is 26.0 Å². The van der Waals surface area contributed by atoms with Gasteiger partial charge >= 0.3 is 0 Å². The van der Waals surface area contributed by atoms with Crippen LogP contribution in [0.15, 0.2) is 10.5 Å². The molecule has 80 valence electrons. The van der Waals surface area contributed by atoms with Gasteiger partial charge in [-0.3, -0.25) is 0 Å². The summed E-state index contributed by atoms with van der Waals surface area (Å²) in [4.78, 5) is 1.37. The fourth-order valence-electron chi connectivity index (χ4n) is 1.31. The predicted octanol–water partition coefficient (Wildman–Crippen LogP) is 4.23. The van der Waals surface area contributed by atoms with Crippen molar-refractivity contribution in [2.45, 2.75) is 32.1 Å². The molecule has 1 nitrogen and oxygen atoms in total. The summed E-state index contributed by atoms with van der Waals surface area (Å²) < 4.78 is 1.89. The Labute approximate surface area is 103 Å². The van der Waals surface area contributed by atoms with Crippen molar-refractivity contribution in [2.75, 3.05) is 6.54 Å². The Bertz CT molecular complexity index is 256. The maximum absolute atomic E-state index is 5.95. The highest BCUT2D eigenvalue weighted by Crippen LogP contribution is 2.32. The lowest BCUT2D eigenvalue weighted by molar-refractivity contribution is 0.649. The zero-order chi connectivity index (χ0) is 10.4. The molecule has 0 fully saturated rings. The van der Waals surface area contributed by atoms with Crippen LogP contribution in [0.2, 0.25) is 4.34 Å². The predicted molar refractivity (Wildman–Crippen MR) is 68.3 cm³/mol. The number of unbranched alkanes of at least 4 members (excludes halogenated alkanes) is 3. The Hall–Kier alpha value is 0.430. The summed E-state index contributed by atoms with van der Waals surface area (Å²) >= 11 is 11.0. The zero-order valence-corrected chi connectivity index (χ0v) is 11.2. The molecular formula is C10H15BrClNS. The fourth-order valence-corrected chi connectivity index (χ4v) is 3.14. The summed E-state index contributed by atoms with van der Waals surface area (Å²) in [5.74, 6) is 0. The third kappa shape index (κ3) is 4.30. The van der Waals surface area contributed by atoms with Crippen molar-refractivity contribution in [1.82, 2.24) is 0 Å². The molecule has 0 saturated carbocycles. The number of thiophene rings is 1. The summed E-state index contributed by atoms with van der Waals surface area (Å²) in [5.41, 5.74) is 5.42. The molecule has 0 amide bonds. The molecule has 0 radical (unpaired) electrons. The van der Waals surface area contributed by atoms with Crippen LogP contribution >= 0.6 is 38.9 Å². The van der Waals surface area contributed by atoms with E-state index in [-0.39, 0.29) is 0 Å². The lowest BCUT2D eigenvalue weighted by Gasteiger charge is -1.97. The van der Waals surface area contributed by atoms with Crippen LogP contribution in [-0.2, 0) is 6.42 Å². The SMILES string of the molecule is NCCCCCCc1cc(Br)c(Cl)s1. The van der Waals surface area contributed by atoms with E-state index in [0.29, 0.717) is 0 Å². The second-order valence-corrected chi connectivity index (χ2v) is 5.88. The lowest BCUT2D eigenvalue weighted by Crippen LogP contribution is -1.97. The highest BCUT2D eigenvalue weighted by molar-refractivity contribution is 9.10. The van der Waals surface area contributed by atoms with Crippen LogP contribution in [0.4, 0.5) is 0 Å². The largest absolute Gasteiger partial charge is 0.330 e. The second-order valence-electron chi connectivity index (χ2n) is 3.29. The van der Waals surface area contributed by atoms with Gasteiger partial charge in [0.05, 0.1) is 0 Å². The van der Waals surface area contributed by atoms with Crippen molar-refractivity contribution < 1.29 is 0 Å². The first-order chi connectivity index (χ1) is 6.74. The van der Waals surface area contributed by atoms with E-state index in [1.165, 1.54) is 24.1 Å². The maximum Gasteiger partial charge on any atom is 0.107 e. The van der Waals surface area contributed by atoms with Gasteiger partial charge < -0.3 is 5.73 Å². The van der Waals surface area contributed by atoms with Crippen molar-refractivity contribution in [3.8, 4) is 0 Å². The molecule has 14 heavy (non-hydrogen) atoms. The van der Waals surface area contributed by atoms with Crippen LogP contribution in [-0.4, -0.2) is 6.54 Å². The first-order valence-electron chi connectivity index (χ1n) is 4.88. The first kappa shape index (κ1) is 12.5. The van der Waals surface area contributed by atoms with E-state index < -0.39 is 0 Å². The van der Waals surface area contributed by atoms with Gasteiger partial charge in [0.2, 0.25) is 0 Å². The molecule has 0 unspecified atom stereocenters. The van der Waals surface area contributed by atoms with E-state index in [1.54, 1.807) is 11.3 Å². The number of hydrogen-bond donors (Lipinski definition) is 1. The Morgan fingerprint density at radius 3 is 2.57 bits per heavy atom. The molecule has 1 aromatic rings. The van der Waals surface area contributed by atoms with E-state index in [2.05, 4.69) is 22.0 Å². The van der Waals surface area contributed by atoms with Crippen LogP contribution in [0.3, 0.4) is 0 Å². The van der Waals surface area contributed by atoms with E-state index in [4.69, 9.17) is 17.3 Å². The standard InChI is InChI=1S/C10H15BrClNS/c11-9-7-8(14-10(9)12)5-3-1-2-4-6-13/h7H,1-6,13H2. The van der Waals surface area contributed by atoms with Crippen molar-refractivity contribution in [3.05, 3.63) is 19.8 Å². The first-order valence-corrected chi connectivity index (χ1v) is 6.86. The highest BCUT2D eigenvalue weighted by atomic mass is 79.9. The van der Waals surface area contributed by atoms with E-state index in [1.807, 2.05) is 0 Å². The quantitative estimate of drug-likeness (QED) is 0.781. The summed E-state index contributed by atoms with van der Waals surface area (Å²) in [5, 5.41) is 0. The molecule has 2 N–H and O–H groups in total. The summed E-state index contributed by atoms with van der Waals surface area (Å²) in [6.07, 6.45) is 6.04. The summed E-state index contributed by atoms with van der Waals surface area (Å²) in [7, 11) is 0. The van der Waals surface area contributed by atoms with E-state index in [0.717, 1.165) is 28.2 Å². The summed E-state index contributed by atoms with van der Waals surface area (Å²) in [6, 6.07) is 2.12. The molecular weight excluding hydrogens is 282 g/mol. The monoisotopic (exact) mass is 295 g/mol. The van der Waals surface area contributed by atoms with Crippen molar-refractivity contribution in [2.24, 2.45) is 5.73 Å². The van der Waals surface area contributed by atoms with Gasteiger partial charge in [-0.25, -0.2) is 0 Å². The molecule has 1 aromatic heterocycles. The minimum atomic E-state index is 0.816. The zero-order valence-electron chi connectivity index (χ0n) is 8.06. The van der Waals surface area contributed by atoms with Crippen LogP contribution < -0.4 is 5.73 Å². The van der Waals surface area contributed by atoms with Gasteiger partial charge in [-0.15, -0.1) is 11.3 Å². The Morgan fingerprint density at radius 2 is 2.00 bits per heavy atom. The smallest absolute Gasteiger partial charge is 0.107 e.